The number of halogens is 1. The lowest BCUT2D eigenvalue weighted by Gasteiger charge is -2.61. The second-order valence-corrected chi connectivity index (χ2v) is 12.0. The monoisotopic (exact) mass is 520 g/mol. The molecule has 0 unspecified atom stereocenters. The van der Waals surface area contributed by atoms with E-state index in [4.69, 9.17) is 0 Å². The van der Waals surface area contributed by atoms with Gasteiger partial charge in [-0.3, -0.25) is 4.98 Å². The fourth-order valence-electron chi connectivity index (χ4n) is 5.60. The zero-order valence-electron chi connectivity index (χ0n) is 22.2. The van der Waals surface area contributed by atoms with Crippen LogP contribution in [0.4, 0.5) is 15.8 Å². The molecule has 196 valence electrons. The van der Waals surface area contributed by atoms with Crippen LogP contribution in [0, 0.1) is 39.8 Å². The van der Waals surface area contributed by atoms with Gasteiger partial charge in [-0.15, -0.1) is 5.10 Å². The van der Waals surface area contributed by atoms with E-state index in [9.17, 15) is 14.9 Å². The van der Waals surface area contributed by atoms with Gasteiger partial charge in [0.25, 0.3) is 0 Å². The van der Waals surface area contributed by atoms with Crippen LogP contribution in [0.3, 0.4) is 0 Å². The summed E-state index contributed by atoms with van der Waals surface area (Å²) in [7, 11) is 0. The first-order valence-corrected chi connectivity index (χ1v) is 13.1. The number of nitrogens with zero attached hydrogens (tertiary/aromatic N) is 6. The number of nitrogens with one attached hydrogen (secondary N) is 2. The molecular formula is C30H29FN8. The fraction of sp³-hybridized carbons (Fsp3) is 0.367. The van der Waals surface area contributed by atoms with E-state index in [0.717, 1.165) is 30.7 Å². The van der Waals surface area contributed by atoms with Gasteiger partial charge < -0.3 is 10.6 Å². The maximum Gasteiger partial charge on any atom is 0.123 e. The van der Waals surface area contributed by atoms with Gasteiger partial charge in [-0.05, 0) is 60.4 Å². The Kier molecular flexibility index (Phi) is 5.76. The molecule has 3 fully saturated rings. The van der Waals surface area contributed by atoms with E-state index in [1.165, 1.54) is 18.3 Å². The average molecular weight is 521 g/mol. The Hall–Kier alpha value is -4.50. The van der Waals surface area contributed by atoms with Crippen molar-refractivity contribution in [2.45, 2.75) is 51.6 Å². The topological polar surface area (TPSA) is 115 Å². The minimum atomic E-state index is -0.436. The lowest BCUT2D eigenvalue weighted by molar-refractivity contribution is -0.0989. The van der Waals surface area contributed by atoms with Crippen LogP contribution >= 0.6 is 0 Å². The Morgan fingerprint density at radius 2 is 1.82 bits per heavy atom. The van der Waals surface area contributed by atoms with Crippen molar-refractivity contribution < 1.29 is 4.39 Å². The molecule has 2 aromatic carbocycles. The molecule has 7 rings (SSSR count). The van der Waals surface area contributed by atoms with Gasteiger partial charge in [0.15, 0.2) is 0 Å². The molecule has 9 heteroatoms. The molecule has 2 N–H and O–H groups in total. The number of fused-ring (bicyclic) bond motifs is 1. The number of benzene rings is 2. The summed E-state index contributed by atoms with van der Waals surface area (Å²) in [5, 5.41) is 36.4. The van der Waals surface area contributed by atoms with E-state index in [0.29, 0.717) is 45.6 Å². The van der Waals surface area contributed by atoms with Gasteiger partial charge in [-0.1, -0.05) is 38.1 Å². The van der Waals surface area contributed by atoms with Crippen LogP contribution in [0.15, 0.2) is 48.8 Å². The number of aromatic nitrogens is 4. The highest BCUT2D eigenvalue weighted by molar-refractivity contribution is 5.99. The number of nitriles is 2. The van der Waals surface area contributed by atoms with Crippen LogP contribution < -0.4 is 10.6 Å². The SMILES string of the molecule is CC(C)(C)CNc1c(C#N)cnc2c(C#N)cc(N[C@@H](c3ccc(F)cc3)c3cn(C45CC(C4)C5)nn3)cc12. The van der Waals surface area contributed by atoms with Crippen molar-refractivity contribution in [1.82, 2.24) is 20.0 Å². The highest BCUT2D eigenvalue weighted by atomic mass is 19.1. The van der Waals surface area contributed by atoms with Gasteiger partial charge in [0, 0.05) is 23.8 Å². The Morgan fingerprint density at radius 3 is 2.44 bits per heavy atom. The summed E-state index contributed by atoms with van der Waals surface area (Å²) in [6.45, 7) is 6.95. The van der Waals surface area contributed by atoms with Crippen LogP contribution in [0.2, 0.25) is 0 Å². The zero-order chi connectivity index (χ0) is 27.4. The highest BCUT2D eigenvalue weighted by Gasteiger charge is 2.58. The Bertz CT molecular complexity index is 1630. The molecule has 3 saturated carbocycles. The normalized spacial score (nSPS) is 20.3. The van der Waals surface area contributed by atoms with Crippen LogP contribution in [0.5, 0.6) is 0 Å². The van der Waals surface area contributed by atoms with Crippen molar-refractivity contribution >= 4 is 22.3 Å². The molecule has 0 aliphatic heterocycles. The van der Waals surface area contributed by atoms with Crippen LogP contribution in [-0.4, -0.2) is 26.5 Å². The molecule has 0 saturated heterocycles. The molecule has 1 atom stereocenters. The van der Waals surface area contributed by atoms with E-state index < -0.39 is 6.04 Å². The highest BCUT2D eigenvalue weighted by Crippen LogP contribution is 2.62. The van der Waals surface area contributed by atoms with E-state index in [1.54, 1.807) is 18.2 Å². The van der Waals surface area contributed by atoms with Crippen LogP contribution in [0.25, 0.3) is 10.9 Å². The lowest BCUT2D eigenvalue weighted by atomic mass is 9.50. The minimum absolute atomic E-state index is 0.0316. The summed E-state index contributed by atoms with van der Waals surface area (Å²) in [4.78, 5) is 4.44. The second kappa shape index (κ2) is 9.06. The van der Waals surface area contributed by atoms with E-state index in [-0.39, 0.29) is 16.8 Å². The molecule has 2 bridgehead atoms. The average Bonchev–Trinajstić information content (AvgIpc) is 3.32. The van der Waals surface area contributed by atoms with E-state index in [1.807, 2.05) is 16.9 Å². The van der Waals surface area contributed by atoms with Gasteiger partial charge in [-0.25, -0.2) is 9.07 Å². The predicted octanol–water partition coefficient (Wildman–Crippen LogP) is 5.88. The standard InChI is InChI=1S/C30H29FN8/c1-29(2,3)17-35-27-21(14-33)15-34-26-20(13-32)8-23(9-24(26)27)36-28(19-4-6-22(31)7-5-19)25-16-39(38-37-25)30-10-18(11-30)12-30/h4-9,15-16,18,28,36H,10-12,17H2,1-3H3,(H,34,35)/t18?,28-,30?/m0/s1. The number of anilines is 2. The molecule has 2 aromatic heterocycles. The first kappa shape index (κ1) is 24.8. The van der Waals surface area contributed by atoms with Crippen molar-refractivity contribution in [2.75, 3.05) is 17.2 Å². The van der Waals surface area contributed by atoms with Gasteiger partial charge in [0.05, 0.1) is 40.1 Å². The maximum absolute atomic E-state index is 13.8. The number of hydrogen-bond donors (Lipinski definition) is 2. The summed E-state index contributed by atoms with van der Waals surface area (Å²) in [5.41, 5.74) is 4.19. The first-order chi connectivity index (χ1) is 18.7. The van der Waals surface area contributed by atoms with Gasteiger partial charge in [0.1, 0.15) is 23.6 Å². The molecule has 0 radical (unpaired) electrons. The second-order valence-electron chi connectivity index (χ2n) is 12.0. The molecule has 3 aliphatic rings. The summed E-state index contributed by atoms with van der Waals surface area (Å²) < 4.78 is 15.8. The number of pyridine rings is 1. The third kappa shape index (κ3) is 4.44. The quantitative estimate of drug-likeness (QED) is 0.313. The summed E-state index contributed by atoms with van der Waals surface area (Å²) in [5.74, 6) is 0.482. The molecule has 0 spiro atoms. The Morgan fingerprint density at radius 1 is 1.10 bits per heavy atom. The molecule has 4 aromatic rings. The molecule has 3 aliphatic carbocycles. The summed E-state index contributed by atoms with van der Waals surface area (Å²) in [6, 6.07) is 14.0. The zero-order valence-corrected chi connectivity index (χ0v) is 22.2. The maximum atomic E-state index is 13.8. The minimum Gasteiger partial charge on any atom is -0.383 e. The molecule has 39 heavy (non-hydrogen) atoms. The largest absolute Gasteiger partial charge is 0.383 e. The first-order valence-electron chi connectivity index (χ1n) is 13.1. The van der Waals surface area contributed by atoms with Crippen LogP contribution in [0.1, 0.15) is 68.5 Å². The third-order valence-corrected chi connectivity index (χ3v) is 7.82. The van der Waals surface area contributed by atoms with Gasteiger partial charge in [-0.2, -0.15) is 10.5 Å². The Balaban J connectivity index is 1.43. The number of hydrogen-bond acceptors (Lipinski definition) is 7. The van der Waals surface area contributed by atoms with E-state index >= 15 is 0 Å². The van der Waals surface area contributed by atoms with E-state index in [2.05, 4.69) is 58.8 Å². The third-order valence-electron chi connectivity index (χ3n) is 7.82. The number of rotatable bonds is 7. The van der Waals surface area contributed by atoms with Crippen molar-refractivity contribution in [3.05, 3.63) is 77.0 Å². The molecule has 0 amide bonds. The van der Waals surface area contributed by atoms with Gasteiger partial charge >= 0.3 is 0 Å². The molecule has 8 nitrogen and oxygen atoms in total. The predicted molar refractivity (Wildman–Crippen MR) is 146 cm³/mol. The Labute approximate surface area is 226 Å². The fourth-order valence-corrected chi connectivity index (χ4v) is 5.60. The van der Waals surface area contributed by atoms with Crippen molar-refractivity contribution in [3.63, 3.8) is 0 Å². The van der Waals surface area contributed by atoms with Crippen LogP contribution in [-0.2, 0) is 5.54 Å². The molecule has 2 heterocycles. The lowest BCUT2D eigenvalue weighted by Crippen LogP contribution is -2.59. The smallest absolute Gasteiger partial charge is 0.123 e. The summed E-state index contributed by atoms with van der Waals surface area (Å²) in [6.07, 6.45) is 6.90. The van der Waals surface area contributed by atoms with Crippen molar-refractivity contribution in [3.8, 4) is 12.1 Å². The van der Waals surface area contributed by atoms with Crippen molar-refractivity contribution in [2.24, 2.45) is 11.3 Å². The van der Waals surface area contributed by atoms with Gasteiger partial charge in [0.2, 0.25) is 0 Å². The molecular weight excluding hydrogens is 491 g/mol. The van der Waals surface area contributed by atoms with Crippen molar-refractivity contribution in [1.29, 1.82) is 10.5 Å². The summed E-state index contributed by atoms with van der Waals surface area (Å²) >= 11 is 0.